The summed E-state index contributed by atoms with van der Waals surface area (Å²) in [4.78, 5) is 11.2. The molecule has 0 bridgehead atoms. The quantitative estimate of drug-likeness (QED) is 0.494. The molecular weight excluding hydrogens is 398 g/mol. The predicted molar refractivity (Wildman–Crippen MR) is 98.7 cm³/mol. The topological polar surface area (TPSA) is 156 Å². The van der Waals surface area contributed by atoms with E-state index < -0.39 is 49.4 Å². The lowest BCUT2D eigenvalue weighted by molar-refractivity contribution is -0.114. The molecule has 4 N–H and O–H groups in total. The van der Waals surface area contributed by atoms with Crippen molar-refractivity contribution in [2.24, 2.45) is 5.73 Å². The lowest BCUT2D eigenvalue weighted by Gasteiger charge is -2.29. The predicted octanol–water partition coefficient (Wildman–Crippen LogP) is -1.24. The Kier molecular flexibility index (Phi) is 6.47. The highest BCUT2D eigenvalue weighted by atomic mass is 32.2. The third kappa shape index (κ3) is 4.76. The molecule has 1 aliphatic heterocycles. The van der Waals surface area contributed by atoms with Crippen molar-refractivity contribution in [1.29, 1.82) is 0 Å². The van der Waals surface area contributed by atoms with Crippen LogP contribution in [0.4, 0.5) is 5.69 Å². The number of benzene rings is 1. The van der Waals surface area contributed by atoms with Gasteiger partial charge in [0.1, 0.15) is 5.75 Å². The zero-order valence-electron chi connectivity index (χ0n) is 15.0. The maximum atomic E-state index is 13.1. The lowest BCUT2D eigenvalue weighted by Crippen LogP contribution is -2.48. The van der Waals surface area contributed by atoms with Gasteiger partial charge in [-0.1, -0.05) is 0 Å². The number of anilines is 1. The van der Waals surface area contributed by atoms with E-state index >= 15 is 0 Å². The second-order valence-electron chi connectivity index (χ2n) is 6.16. The first-order valence-corrected chi connectivity index (χ1v) is 11.3. The summed E-state index contributed by atoms with van der Waals surface area (Å²) < 4.78 is 55.8. The maximum absolute atomic E-state index is 13.1. The molecule has 0 unspecified atom stereocenters. The standard InChI is InChI=1S/C15H23N3O7S2/c1-10(19)17-12-7-11(3-4-15(12)25-2)27(23,24)18(6-5-16)13-8-26(21,22)9-14(13)20/h3-4,7,13-14,20H,5-6,8-9,16H2,1-2H3,(H,17,19)/t13-,14-/m1/s1. The molecule has 152 valence electrons. The Labute approximate surface area is 158 Å². The SMILES string of the molecule is COc1ccc(S(=O)(=O)N(CCN)[C@@H]2CS(=O)(=O)C[C@H]2O)cc1NC(C)=O. The van der Waals surface area contributed by atoms with Crippen molar-refractivity contribution in [3.8, 4) is 5.75 Å². The largest absolute Gasteiger partial charge is 0.495 e. The van der Waals surface area contributed by atoms with Crippen LogP contribution in [0, 0.1) is 0 Å². The van der Waals surface area contributed by atoms with Gasteiger partial charge in [0.2, 0.25) is 15.9 Å². The number of ether oxygens (including phenoxy) is 1. The van der Waals surface area contributed by atoms with Gasteiger partial charge in [0, 0.05) is 20.0 Å². The summed E-state index contributed by atoms with van der Waals surface area (Å²) in [6, 6.07) is 2.74. The molecule has 1 saturated heterocycles. The average Bonchev–Trinajstić information content (AvgIpc) is 2.84. The van der Waals surface area contributed by atoms with Crippen LogP contribution < -0.4 is 15.8 Å². The summed E-state index contributed by atoms with van der Waals surface area (Å²) in [5.41, 5.74) is 5.66. The fraction of sp³-hybridized carbons (Fsp3) is 0.533. The Morgan fingerprint density at radius 2 is 2.07 bits per heavy atom. The number of sulfonamides is 1. The van der Waals surface area contributed by atoms with E-state index in [1.165, 1.54) is 32.2 Å². The summed E-state index contributed by atoms with van der Waals surface area (Å²) in [7, 11) is -6.38. The van der Waals surface area contributed by atoms with Crippen molar-refractivity contribution in [2.45, 2.75) is 24.0 Å². The van der Waals surface area contributed by atoms with Crippen molar-refractivity contribution in [3.63, 3.8) is 0 Å². The molecule has 1 aliphatic rings. The monoisotopic (exact) mass is 421 g/mol. The van der Waals surface area contributed by atoms with E-state index in [4.69, 9.17) is 10.5 Å². The average molecular weight is 421 g/mol. The van der Waals surface area contributed by atoms with Crippen LogP contribution in [-0.4, -0.2) is 76.0 Å². The van der Waals surface area contributed by atoms with Crippen LogP contribution in [0.25, 0.3) is 0 Å². The van der Waals surface area contributed by atoms with E-state index in [1.54, 1.807) is 0 Å². The molecule has 0 spiro atoms. The van der Waals surface area contributed by atoms with Gasteiger partial charge < -0.3 is 20.9 Å². The number of methoxy groups -OCH3 is 1. The van der Waals surface area contributed by atoms with Gasteiger partial charge in [0.15, 0.2) is 9.84 Å². The van der Waals surface area contributed by atoms with Crippen LogP contribution in [-0.2, 0) is 24.7 Å². The van der Waals surface area contributed by atoms with Crippen LogP contribution >= 0.6 is 0 Å². The number of rotatable bonds is 7. The van der Waals surface area contributed by atoms with Gasteiger partial charge in [-0.25, -0.2) is 16.8 Å². The molecule has 2 rings (SSSR count). The van der Waals surface area contributed by atoms with Crippen molar-refractivity contribution in [1.82, 2.24) is 4.31 Å². The minimum atomic E-state index is -4.19. The highest BCUT2D eigenvalue weighted by molar-refractivity contribution is 7.92. The Balaban J connectivity index is 2.49. The number of sulfone groups is 1. The van der Waals surface area contributed by atoms with E-state index in [2.05, 4.69) is 5.32 Å². The minimum absolute atomic E-state index is 0.0583. The molecule has 0 saturated carbocycles. The second-order valence-corrected chi connectivity index (χ2v) is 10.2. The van der Waals surface area contributed by atoms with E-state index in [1.807, 2.05) is 0 Å². The number of nitrogens with two attached hydrogens (primary N) is 1. The number of hydrogen-bond acceptors (Lipinski definition) is 8. The van der Waals surface area contributed by atoms with E-state index in [-0.39, 0.29) is 29.4 Å². The molecule has 1 fully saturated rings. The van der Waals surface area contributed by atoms with E-state index in [0.29, 0.717) is 0 Å². The number of aliphatic hydroxyl groups is 1. The Morgan fingerprint density at radius 1 is 1.41 bits per heavy atom. The fourth-order valence-electron chi connectivity index (χ4n) is 2.95. The molecule has 2 atom stereocenters. The normalized spacial score (nSPS) is 22.0. The molecule has 1 aromatic rings. The number of nitrogens with one attached hydrogen (secondary N) is 1. The summed E-state index contributed by atoms with van der Waals surface area (Å²) in [5, 5.41) is 12.6. The number of carbonyl (C=O) groups excluding carboxylic acids is 1. The van der Waals surface area contributed by atoms with Crippen molar-refractivity contribution in [3.05, 3.63) is 18.2 Å². The van der Waals surface area contributed by atoms with Gasteiger partial charge in [0.25, 0.3) is 0 Å². The van der Waals surface area contributed by atoms with Crippen LogP contribution in [0.1, 0.15) is 6.92 Å². The van der Waals surface area contributed by atoms with Crippen LogP contribution in [0.2, 0.25) is 0 Å². The lowest BCUT2D eigenvalue weighted by atomic mass is 10.2. The fourth-order valence-corrected chi connectivity index (χ4v) is 6.54. The van der Waals surface area contributed by atoms with Gasteiger partial charge in [-0.15, -0.1) is 0 Å². The van der Waals surface area contributed by atoms with Crippen LogP contribution in [0.3, 0.4) is 0 Å². The summed E-state index contributed by atoms with van der Waals surface area (Å²) in [5.74, 6) is -1.15. The van der Waals surface area contributed by atoms with E-state index in [0.717, 1.165) is 4.31 Å². The Bertz CT molecular complexity index is 915. The molecule has 1 aromatic carbocycles. The molecule has 10 nitrogen and oxygen atoms in total. The number of amides is 1. The smallest absolute Gasteiger partial charge is 0.243 e. The number of hydrogen-bond donors (Lipinski definition) is 3. The number of aliphatic hydroxyl groups excluding tert-OH is 1. The van der Waals surface area contributed by atoms with Gasteiger partial charge in [-0.3, -0.25) is 4.79 Å². The highest BCUT2D eigenvalue weighted by Gasteiger charge is 2.44. The zero-order chi connectivity index (χ0) is 20.4. The molecule has 1 heterocycles. The van der Waals surface area contributed by atoms with Gasteiger partial charge in [-0.2, -0.15) is 4.31 Å². The van der Waals surface area contributed by atoms with Gasteiger partial charge in [0.05, 0.1) is 41.3 Å². The first-order chi connectivity index (χ1) is 12.5. The zero-order valence-corrected chi connectivity index (χ0v) is 16.6. The molecular formula is C15H23N3O7S2. The highest BCUT2D eigenvalue weighted by Crippen LogP contribution is 2.31. The summed E-state index contributed by atoms with van der Waals surface area (Å²) in [6.45, 7) is 1.04. The molecule has 0 aromatic heterocycles. The Morgan fingerprint density at radius 3 is 2.56 bits per heavy atom. The van der Waals surface area contributed by atoms with E-state index in [9.17, 15) is 26.7 Å². The van der Waals surface area contributed by atoms with Gasteiger partial charge in [-0.05, 0) is 18.2 Å². The third-order valence-corrected chi connectivity index (χ3v) is 7.72. The molecule has 12 heteroatoms. The molecule has 27 heavy (non-hydrogen) atoms. The summed E-state index contributed by atoms with van der Waals surface area (Å²) >= 11 is 0. The van der Waals surface area contributed by atoms with Crippen LogP contribution in [0.15, 0.2) is 23.1 Å². The maximum Gasteiger partial charge on any atom is 0.243 e. The molecule has 1 amide bonds. The molecule has 0 aliphatic carbocycles. The summed E-state index contributed by atoms with van der Waals surface area (Å²) in [6.07, 6.45) is -1.34. The number of carbonyl (C=O) groups is 1. The van der Waals surface area contributed by atoms with Crippen molar-refractivity contribution < 1.29 is 31.5 Å². The number of nitrogens with zero attached hydrogens (tertiary/aromatic N) is 1. The van der Waals surface area contributed by atoms with Crippen molar-refractivity contribution >= 4 is 31.5 Å². The second kappa shape index (κ2) is 8.10. The van der Waals surface area contributed by atoms with Gasteiger partial charge >= 0.3 is 0 Å². The van der Waals surface area contributed by atoms with Crippen molar-refractivity contribution in [2.75, 3.05) is 37.0 Å². The molecule has 0 radical (unpaired) electrons. The first-order valence-electron chi connectivity index (χ1n) is 8.08. The van der Waals surface area contributed by atoms with Crippen LogP contribution in [0.5, 0.6) is 5.75 Å². The minimum Gasteiger partial charge on any atom is -0.495 e. The third-order valence-electron chi connectivity index (χ3n) is 4.10. The first kappa shape index (κ1) is 21.6. The Hall–Kier alpha value is -1.73.